The summed E-state index contributed by atoms with van der Waals surface area (Å²) in [4.78, 5) is 0. The van der Waals surface area contributed by atoms with Crippen LogP contribution in [0, 0.1) is 11.8 Å². The topological polar surface area (TPSA) is 41.8 Å². The molecule has 3 nitrogen and oxygen atoms in total. The van der Waals surface area contributed by atoms with Gasteiger partial charge in [-0.25, -0.2) is 0 Å². The summed E-state index contributed by atoms with van der Waals surface area (Å²) in [6, 6.07) is 8.31. The second kappa shape index (κ2) is 7.79. The van der Waals surface area contributed by atoms with Gasteiger partial charge in [-0.15, -0.1) is 0 Å². The van der Waals surface area contributed by atoms with Gasteiger partial charge in [-0.05, 0) is 23.5 Å². The number of hydrogen-bond acceptors (Lipinski definition) is 3. The SMILES string of the molecule is COC(/C(=N/O)C1C=Cc2ccccc2C1)C(C)C.[Ag+]. The van der Waals surface area contributed by atoms with Crippen LogP contribution in [-0.2, 0) is 33.5 Å². The summed E-state index contributed by atoms with van der Waals surface area (Å²) in [7, 11) is 1.66. The molecule has 2 rings (SSSR count). The fraction of sp³-hybridized carbons (Fsp3) is 0.438. The molecule has 1 aliphatic rings. The van der Waals surface area contributed by atoms with Gasteiger partial charge in [0.05, 0.1) is 5.71 Å². The average Bonchev–Trinajstić information content (AvgIpc) is 2.43. The van der Waals surface area contributed by atoms with Gasteiger partial charge in [0.1, 0.15) is 6.10 Å². The van der Waals surface area contributed by atoms with E-state index in [4.69, 9.17) is 4.74 Å². The second-order valence-electron chi connectivity index (χ2n) is 5.29. The first-order valence-electron chi connectivity index (χ1n) is 6.68. The van der Waals surface area contributed by atoms with Crippen molar-refractivity contribution in [3.05, 3.63) is 41.5 Å². The Bertz CT molecular complexity index is 497. The molecule has 0 bridgehead atoms. The van der Waals surface area contributed by atoms with E-state index in [1.807, 2.05) is 12.1 Å². The van der Waals surface area contributed by atoms with E-state index in [1.54, 1.807) is 7.11 Å². The number of nitrogens with zero attached hydrogens (tertiary/aromatic N) is 1. The predicted molar refractivity (Wildman–Crippen MR) is 77.5 cm³/mol. The minimum Gasteiger partial charge on any atom is -0.411 e. The zero-order valence-corrected chi connectivity index (χ0v) is 13.5. The van der Waals surface area contributed by atoms with Crippen LogP contribution in [0.5, 0.6) is 0 Å². The summed E-state index contributed by atoms with van der Waals surface area (Å²) in [5.74, 6) is 0.383. The van der Waals surface area contributed by atoms with Crippen LogP contribution in [0.3, 0.4) is 0 Å². The van der Waals surface area contributed by atoms with Crippen molar-refractivity contribution in [3.63, 3.8) is 0 Å². The van der Waals surface area contributed by atoms with Gasteiger partial charge >= 0.3 is 22.4 Å². The summed E-state index contributed by atoms with van der Waals surface area (Å²) in [6.45, 7) is 4.14. The third-order valence-electron chi connectivity index (χ3n) is 3.65. The molecule has 0 heterocycles. The minimum atomic E-state index is -0.148. The normalized spacial score (nSPS) is 19.4. The Morgan fingerprint density at radius 3 is 2.65 bits per heavy atom. The molecule has 0 amide bonds. The van der Waals surface area contributed by atoms with Crippen molar-refractivity contribution in [1.82, 2.24) is 0 Å². The number of fused-ring (bicyclic) bond motifs is 1. The zero-order valence-electron chi connectivity index (χ0n) is 12.0. The molecule has 112 valence electrons. The summed E-state index contributed by atoms with van der Waals surface area (Å²) < 4.78 is 5.48. The van der Waals surface area contributed by atoms with E-state index in [2.05, 4.69) is 43.3 Å². The smallest absolute Gasteiger partial charge is 0.411 e. The van der Waals surface area contributed by atoms with Crippen molar-refractivity contribution in [2.45, 2.75) is 26.4 Å². The molecule has 0 saturated carbocycles. The van der Waals surface area contributed by atoms with Gasteiger partial charge in [0.15, 0.2) is 0 Å². The second-order valence-corrected chi connectivity index (χ2v) is 5.29. The number of rotatable bonds is 4. The van der Waals surface area contributed by atoms with Crippen LogP contribution >= 0.6 is 0 Å². The molecule has 20 heavy (non-hydrogen) atoms. The van der Waals surface area contributed by atoms with Gasteiger partial charge in [0.25, 0.3) is 0 Å². The first-order valence-corrected chi connectivity index (χ1v) is 6.68. The van der Waals surface area contributed by atoms with Crippen LogP contribution in [0.15, 0.2) is 35.5 Å². The van der Waals surface area contributed by atoms with Gasteiger partial charge in [0.2, 0.25) is 0 Å². The molecule has 4 heteroatoms. The van der Waals surface area contributed by atoms with Gasteiger partial charge in [-0.3, -0.25) is 0 Å². The van der Waals surface area contributed by atoms with E-state index in [0.717, 1.165) is 6.42 Å². The molecular weight excluding hydrogens is 346 g/mol. The maximum Gasteiger partial charge on any atom is 1.00 e. The first-order chi connectivity index (χ1) is 9.17. The van der Waals surface area contributed by atoms with Crippen LogP contribution in [0.1, 0.15) is 25.0 Å². The Hall–Kier alpha value is -0.870. The van der Waals surface area contributed by atoms with Crippen molar-refractivity contribution < 1.29 is 32.3 Å². The van der Waals surface area contributed by atoms with Crippen molar-refractivity contribution in [3.8, 4) is 0 Å². The van der Waals surface area contributed by atoms with Gasteiger partial charge in [-0.1, -0.05) is 55.4 Å². The molecule has 0 radical (unpaired) electrons. The quantitative estimate of drug-likeness (QED) is 0.384. The minimum absolute atomic E-state index is 0. The number of allylic oxidation sites excluding steroid dienone is 1. The van der Waals surface area contributed by atoms with Gasteiger partial charge in [0, 0.05) is 13.0 Å². The van der Waals surface area contributed by atoms with Crippen molar-refractivity contribution in [2.24, 2.45) is 17.0 Å². The van der Waals surface area contributed by atoms with Crippen molar-refractivity contribution in [2.75, 3.05) is 7.11 Å². The Balaban J connectivity index is 0.00000200. The fourth-order valence-corrected chi connectivity index (χ4v) is 2.69. The molecule has 0 saturated heterocycles. The molecule has 2 atom stereocenters. The predicted octanol–water partition coefficient (Wildman–Crippen LogP) is 3.37. The summed E-state index contributed by atoms with van der Waals surface area (Å²) in [5.41, 5.74) is 3.24. The van der Waals surface area contributed by atoms with E-state index in [9.17, 15) is 5.21 Å². The molecule has 0 aromatic heterocycles. The molecule has 1 aliphatic carbocycles. The molecular formula is C16H21AgNO2+. The standard InChI is InChI=1S/C16H21NO2.Ag/c1-11(2)16(19-3)15(17-18)14-9-8-12-6-4-5-7-13(12)10-14;/h4-9,11,14,16,18H,10H2,1-3H3;/q;+1/b17-15+;. The van der Waals surface area contributed by atoms with E-state index in [0.29, 0.717) is 5.71 Å². The molecule has 1 N–H and O–H groups in total. The van der Waals surface area contributed by atoms with Crippen LogP contribution in [0.4, 0.5) is 0 Å². The van der Waals surface area contributed by atoms with Gasteiger partial charge in [-0.2, -0.15) is 0 Å². The van der Waals surface area contributed by atoms with E-state index in [1.165, 1.54) is 11.1 Å². The molecule has 0 spiro atoms. The fourth-order valence-electron chi connectivity index (χ4n) is 2.69. The molecule has 0 aliphatic heterocycles. The first kappa shape index (κ1) is 17.2. The van der Waals surface area contributed by atoms with Gasteiger partial charge < -0.3 is 9.94 Å². The molecule has 0 fully saturated rings. The van der Waals surface area contributed by atoms with Crippen LogP contribution in [-0.4, -0.2) is 24.1 Å². The van der Waals surface area contributed by atoms with E-state index < -0.39 is 0 Å². The number of benzene rings is 1. The maximum absolute atomic E-state index is 9.35. The van der Waals surface area contributed by atoms with Crippen LogP contribution < -0.4 is 0 Å². The maximum atomic E-state index is 9.35. The zero-order chi connectivity index (χ0) is 13.8. The molecule has 1 aromatic carbocycles. The van der Waals surface area contributed by atoms with Crippen LogP contribution in [0.25, 0.3) is 6.08 Å². The molecule has 2 unspecified atom stereocenters. The number of oxime groups is 1. The van der Waals surface area contributed by atoms with Crippen molar-refractivity contribution >= 4 is 11.8 Å². The Kier molecular flexibility index (Phi) is 6.69. The largest absolute Gasteiger partial charge is 1.00 e. The monoisotopic (exact) mass is 366 g/mol. The third-order valence-corrected chi connectivity index (χ3v) is 3.65. The Morgan fingerprint density at radius 1 is 1.35 bits per heavy atom. The number of hydrogen-bond donors (Lipinski definition) is 1. The van der Waals surface area contributed by atoms with E-state index >= 15 is 0 Å². The molecule has 1 aromatic rings. The van der Waals surface area contributed by atoms with E-state index in [-0.39, 0.29) is 40.3 Å². The number of methoxy groups -OCH3 is 1. The average molecular weight is 367 g/mol. The third kappa shape index (κ3) is 3.61. The Morgan fingerprint density at radius 2 is 2.05 bits per heavy atom. The summed E-state index contributed by atoms with van der Waals surface area (Å²) in [6.07, 6.45) is 4.91. The number of ether oxygens (including phenoxy) is 1. The summed E-state index contributed by atoms with van der Waals surface area (Å²) >= 11 is 0. The van der Waals surface area contributed by atoms with Crippen LogP contribution in [0.2, 0.25) is 0 Å². The van der Waals surface area contributed by atoms with Crippen molar-refractivity contribution in [1.29, 1.82) is 0 Å². The Labute approximate surface area is 136 Å². The summed E-state index contributed by atoms with van der Waals surface area (Å²) in [5, 5.41) is 12.9.